The van der Waals surface area contributed by atoms with Gasteiger partial charge in [-0.1, -0.05) is 25.0 Å². The second-order valence-corrected chi connectivity index (χ2v) is 7.83. The molecule has 0 aliphatic carbocycles. The molecule has 2 heterocycles. The van der Waals surface area contributed by atoms with E-state index in [1.54, 1.807) is 36.1 Å². The van der Waals surface area contributed by atoms with Gasteiger partial charge in [0, 0.05) is 13.1 Å². The molecule has 1 saturated heterocycles. The van der Waals surface area contributed by atoms with Crippen molar-refractivity contribution in [3.63, 3.8) is 0 Å². The monoisotopic (exact) mass is 420 g/mol. The average Bonchev–Trinajstić information content (AvgIpc) is 2.96. The minimum absolute atomic E-state index is 0.183. The molecule has 1 fully saturated rings. The van der Waals surface area contributed by atoms with Crippen LogP contribution in [0.1, 0.15) is 63.7 Å². The molecule has 7 nitrogen and oxygen atoms in total. The zero-order valence-corrected chi connectivity index (χ0v) is 17.4. The summed E-state index contributed by atoms with van der Waals surface area (Å²) in [6, 6.07) is 12.7. The van der Waals surface area contributed by atoms with Crippen molar-refractivity contribution < 1.29 is 23.9 Å². The van der Waals surface area contributed by atoms with Crippen molar-refractivity contribution in [1.29, 1.82) is 0 Å². The van der Waals surface area contributed by atoms with E-state index in [1.807, 2.05) is 0 Å². The molecule has 0 spiro atoms. The number of nitrogens with zero attached hydrogens (tertiary/aromatic N) is 2. The molecule has 1 atom stereocenters. The normalized spacial score (nSPS) is 17.2. The molecule has 160 valence electrons. The first-order valence-corrected chi connectivity index (χ1v) is 10.5. The molecule has 2 aromatic rings. The molecule has 0 saturated carbocycles. The van der Waals surface area contributed by atoms with E-state index in [4.69, 9.17) is 4.74 Å². The third kappa shape index (κ3) is 4.08. The van der Waals surface area contributed by atoms with E-state index in [2.05, 4.69) is 0 Å². The van der Waals surface area contributed by atoms with Crippen LogP contribution < -0.4 is 4.90 Å². The Morgan fingerprint density at radius 3 is 1.94 bits per heavy atom. The summed E-state index contributed by atoms with van der Waals surface area (Å²) < 4.78 is 5.37. The van der Waals surface area contributed by atoms with Crippen molar-refractivity contribution >= 4 is 29.4 Å². The van der Waals surface area contributed by atoms with E-state index in [1.165, 1.54) is 24.3 Å². The third-order valence-corrected chi connectivity index (χ3v) is 5.70. The maximum Gasteiger partial charge on any atom is 0.338 e. The number of imide groups is 1. The van der Waals surface area contributed by atoms with Crippen LogP contribution in [0.15, 0.2) is 48.5 Å². The predicted molar refractivity (Wildman–Crippen MR) is 114 cm³/mol. The fourth-order valence-corrected chi connectivity index (χ4v) is 4.00. The average molecular weight is 420 g/mol. The van der Waals surface area contributed by atoms with Crippen LogP contribution in [0.4, 0.5) is 5.69 Å². The number of carbonyl (C=O) groups is 4. The van der Waals surface area contributed by atoms with Crippen LogP contribution in [0.3, 0.4) is 0 Å². The van der Waals surface area contributed by atoms with Crippen molar-refractivity contribution in [1.82, 2.24) is 4.90 Å². The van der Waals surface area contributed by atoms with Crippen LogP contribution in [0, 0.1) is 0 Å². The first-order valence-electron chi connectivity index (χ1n) is 10.5. The van der Waals surface area contributed by atoms with E-state index < -0.39 is 23.9 Å². The van der Waals surface area contributed by atoms with Gasteiger partial charge in [-0.2, -0.15) is 0 Å². The number of hydrogen-bond acceptors (Lipinski definition) is 5. The second kappa shape index (κ2) is 8.71. The lowest BCUT2D eigenvalue weighted by Crippen LogP contribution is -2.40. The Kier molecular flexibility index (Phi) is 5.84. The molecule has 0 aromatic heterocycles. The number of likely N-dealkylation sites (tertiary alicyclic amines) is 1. The van der Waals surface area contributed by atoms with Crippen LogP contribution in [0.25, 0.3) is 0 Å². The zero-order valence-electron chi connectivity index (χ0n) is 17.4. The van der Waals surface area contributed by atoms with E-state index in [-0.39, 0.29) is 11.5 Å². The van der Waals surface area contributed by atoms with Crippen LogP contribution in [-0.2, 0) is 9.53 Å². The molecular formula is C24H24N2O5. The van der Waals surface area contributed by atoms with Gasteiger partial charge < -0.3 is 9.64 Å². The molecule has 0 unspecified atom stereocenters. The predicted octanol–water partition coefficient (Wildman–Crippen LogP) is 3.44. The number of rotatable bonds is 4. The summed E-state index contributed by atoms with van der Waals surface area (Å²) >= 11 is 0. The zero-order chi connectivity index (χ0) is 22.0. The van der Waals surface area contributed by atoms with Crippen LogP contribution in [0.5, 0.6) is 0 Å². The van der Waals surface area contributed by atoms with Gasteiger partial charge in [-0.05, 0) is 56.2 Å². The molecule has 0 bridgehead atoms. The summed E-state index contributed by atoms with van der Waals surface area (Å²) in [5.74, 6) is -1.59. The number of carbonyl (C=O) groups excluding carboxylic acids is 4. The Bertz CT molecular complexity index is 988. The molecule has 31 heavy (non-hydrogen) atoms. The lowest BCUT2D eigenvalue weighted by molar-refractivity contribution is -0.139. The highest BCUT2D eigenvalue weighted by Crippen LogP contribution is 2.28. The third-order valence-electron chi connectivity index (χ3n) is 5.70. The number of amides is 3. The van der Waals surface area contributed by atoms with Gasteiger partial charge in [0.25, 0.3) is 17.7 Å². The molecule has 0 N–H and O–H groups in total. The van der Waals surface area contributed by atoms with Crippen LogP contribution in [-0.4, -0.2) is 47.8 Å². The first-order chi connectivity index (χ1) is 15.0. The van der Waals surface area contributed by atoms with E-state index in [9.17, 15) is 19.2 Å². The summed E-state index contributed by atoms with van der Waals surface area (Å²) in [5.41, 5.74) is 1.33. The van der Waals surface area contributed by atoms with Crippen molar-refractivity contribution in [3.05, 3.63) is 65.2 Å². The molecule has 2 aliphatic heterocycles. The number of hydrogen-bond donors (Lipinski definition) is 0. The summed E-state index contributed by atoms with van der Waals surface area (Å²) in [4.78, 5) is 53.1. The SMILES string of the molecule is C[C@H](OC(=O)c1ccc(N2C(=O)c3ccccc3C2=O)cc1)C(=O)N1CCCCCC1. The molecule has 0 radical (unpaired) electrons. The fourth-order valence-electron chi connectivity index (χ4n) is 4.00. The first kappa shape index (κ1) is 20.8. The molecular weight excluding hydrogens is 396 g/mol. The Morgan fingerprint density at radius 1 is 0.839 bits per heavy atom. The van der Waals surface area contributed by atoms with Gasteiger partial charge in [-0.25, -0.2) is 9.69 Å². The van der Waals surface area contributed by atoms with E-state index in [0.29, 0.717) is 29.9 Å². The number of benzene rings is 2. The lowest BCUT2D eigenvalue weighted by Gasteiger charge is -2.24. The highest BCUT2D eigenvalue weighted by atomic mass is 16.5. The van der Waals surface area contributed by atoms with Gasteiger partial charge in [0.15, 0.2) is 6.10 Å². The lowest BCUT2D eigenvalue weighted by atomic mass is 10.1. The Hall–Kier alpha value is -3.48. The maximum absolute atomic E-state index is 12.6. The van der Waals surface area contributed by atoms with Gasteiger partial charge in [0.05, 0.1) is 22.4 Å². The van der Waals surface area contributed by atoms with Crippen molar-refractivity contribution in [2.45, 2.75) is 38.7 Å². The van der Waals surface area contributed by atoms with E-state index in [0.717, 1.165) is 30.6 Å². The fraction of sp³-hybridized carbons (Fsp3) is 0.333. The standard InChI is InChI=1S/C24H24N2O5/c1-16(21(27)25-14-6-2-3-7-15-25)31-24(30)17-10-12-18(13-11-17)26-22(28)19-8-4-5-9-20(19)23(26)29/h4-5,8-13,16H,2-3,6-7,14-15H2,1H3/t16-/m0/s1. The minimum Gasteiger partial charge on any atom is -0.449 e. The van der Waals surface area contributed by atoms with Crippen molar-refractivity contribution in [3.8, 4) is 0 Å². The highest BCUT2D eigenvalue weighted by molar-refractivity contribution is 6.34. The summed E-state index contributed by atoms with van der Waals surface area (Å²) in [6.07, 6.45) is 3.27. The topological polar surface area (TPSA) is 84.0 Å². The molecule has 4 rings (SSSR count). The quantitative estimate of drug-likeness (QED) is 0.559. The number of anilines is 1. The van der Waals surface area contributed by atoms with Crippen LogP contribution >= 0.6 is 0 Å². The van der Waals surface area contributed by atoms with Gasteiger partial charge in [-0.3, -0.25) is 14.4 Å². The van der Waals surface area contributed by atoms with E-state index >= 15 is 0 Å². The van der Waals surface area contributed by atoms with Gasteiger partial charge >= 0.3 is 5.97 Å². The highest BCUT2D eigenvalue weighted by Gasteiger charge is 2.36. The Balaban J connectivity index is 1.42. The van der Waals surface area contributed by atoms with Gasteiger partial charge in [0.2, 0.25) is 0 Å². The number of esters is 1. The smallest absolute Gasteiger partial charge is 0.338 e. The van der Waals surface area contributed by atoms with Gasteiger partial charge in [-0.15, -0.1) is 0 Å². The number of ether oxygens (including phenoxy) is 1. The minimum atomic E-state index is -0.874. The molecule has 7 heteroatoms. The molecule has 2 aliphatic rings. The van der Waals surface area contributed by atoms with Crippen molar-refractivity contribution in [2.75, 3.05) is 18.0 Å². The second-order valence-electron chi connectivity index (χ2n) is 7.83. The summed E-state index contributed by atoms with van der Waals surface area (Å²) in [7, 11) is 0. The number of fused-ring (bicyclic) bond motifs is 1. The molecule has 2 aromatic carbocycles. The van der Waals surface area contributed by atoms with Crippen molar-refractivity contribution in [2.24, 2.45) is 0 Å². The maximum atomic E-state index is 12.6. The Morgan fingerprint density at radius 2 is 1.39 bits per heavy atom. The Labute approximate surface area is 180 Å². The van der Waals surface area contributed by atoms with Gasteiger partial charge in [0.1, 0.15) is 0 Å². The summed E-state index contributed by atoms with van der Waals surface area (Å²) in [6.45, 7) is 2.96. The largest absolute Gasteiger partial charge is 0.449 e. The summed E-state index contributed by atoms with van der Waals surface area (Å²) in [5, 5.41) is 0. The van der Waals surface area contributed by atoms with Crippen LogP contribution in [0.2, 0.25) is 0 Å². The molecule has 3 amide bonds.